The lowest BCUT2D eigenvalue weighted by Crippen LogP contribution is -2.65. The van der Waals surface area contributed by atoms with Crippen LogP contribution >= 0.6 is 0 Å². The van der Waals surface area contributed by atoms with Crippen LogP contribution in [-0.2, 0) is 23.7 Å². The van der Waals surface area contributed by atoms with Gasteiger partial charge in [0.25, 0.3) is 0 Å². The summed E-state index contributed by atoms with van der Waals surface area (Å²) in [7, 11) is 0. The lowest BCUT2D eigenvalue weighted by Gasteiger charge is -2.46. The minimum Gasteiger partial charge on any atom is -0.394 e. The fraction of sp³-hybridized carbons (Fsp3) is 0.974. The van der Waals surface area contributed by atoms with Crippen LogP contribution in [0, 0.1) is 0 Å². The summed E-state index contributed by atoms with van der Waals surface area (Å²) >= 11 is 0. The second-order valence-electron chi connectivity index (χ2n) is 14.8. The van der Waals surface area contributed by atoms with Crippen molar-refractivity contribution in [3.05, 3.63) is 0 Å². The highest BCUT2D eigenvalue weighted by Gasteiger charge is 2.50. The van der Waals surface area contributed by atoms with Crippen LogP contribution in [0.3, 0.4) is 0 Å². The third-order valence-corrected chi connectivity index (χ3v) is 10.3. The second kappa shape index (κ2) is 27.6. The number of carbonyl (C=O) groups is 1. The Kier molecular flexibility index (Phi) is 25.0. The first-order valence-electron chi connectivity index (χ1n) is 20.3. The average molecular weight is 752 g/mol. The van der Waals surface area contributed by atoms with Gasteiger partial charge in [0, 0.05) is 6.42 Å². The third kappa shape index (κ3) is 16.8. The molecule has 0 bridgehead atoms. The molecule has 52 heavy (non-hydrogen) atoms. The Hall–Kier alpha value is -1.01. The van der Waals surface area contributed by atoms with Crippen LogP contribution in [0.25, 0.3) is 0 Å². The van der Waals surface area contributed by atoms with E-state index in [2.05, 4.69) is 19.2 Å². The van der Waals surface area contributed by atoms with E-state index in [9.17, 15) is 45.6 Å². The Morgan fingerprint density at radius 1 is 0.615 bits per heavy atom. The van der Waals surface area contributed by atoms with E-state index in [-0.39, 0.29) is 12.5 Å². The normalized spacial score (nSPS) is 30.7. The Morgan fingerprint density at radius 3 is 1.63 bits per heavy atom. The van der Waals surface area contributed by atoms with Crippen molar-refractivity contribution < 1.29 is 64.6 Å². The number of ether oxygens (including phenoxy) is 4. The largest absolute Gasteiger partial charge is 0.394 e. The third-order valence-electron chi connectivity index (χ3n) is 10.3. The summed E-state index contributed by atoms with van der Waals surface area (Å²) < 4.78 is 22.5. The highest BCUT2D eigenvalue weighted by atomic mass is 16.7. The van der Waals surface area contributed by atoms with Gasteiger partial charge in [-0.3, -0.25) is 4.79 Å². The lowest BCUT2D eigenvalue weighted by atomic mass is 9.97. The van der Waals surface area contributed by atoms with Gasteiger partial charge in [0.15, 0.2) is 12.6 Å². The number of rotatable bonds is 29. The number of aliphatic hydroxyl groups is 8. The van der Waals surface area contributed by atoms with Crippen molar-refractivity contribution in [3.8, 4) is 0 Å². The van der Waals surface area contributed by atoms with Crippen LogP contribution < -0.4 is 5.32 Å². The Bertz CT molecular complexity index is 899. The molecule has 0 spiro atoms. The highest BCUT2D eigenvalue weighted by molar-refractivity contribution is 5.76. The number of nitrogens with one attached hydrogen (secondary N) is 1. The lowest BCUT2D eigenvalue weighted by molar-refractivity contribution is -0.359. The van der Waals surface area contributed by atoms with Crippen LogP contribution in [-0.4, -0.2) is 140 Å². The number of amides is 1. The molecule has 1 amide bonds. The van der Waals surface area contributed by atoms with Crippen LogP contribution in [0.4, 0.5) is 0 Å². The molecule has 0 aliphatic carbocycles. The molecular weight excluding hydrogens is 678 g/mol. The van der Waals surface area contributed by atoms with Gasteiger partial charge in [-0.05, 0) is 12.8 Å². The van der Waals surface area contributed by atoms with Gasteiger partial charge in [0.2, 0.25) is 5.91 Å². The molecular formula is C38H73NO13. The van der Waals surface area contributed by atoms with E-state index in [0.29, 0.717) is 12.8 Å². The fourth-order valence-electron chi connectivity index (χ4n) is 6.88. The Balaban J connectivity index is 1.90. The Morgan fingerprint density at radius 2 is 1.10 bits per heavy atom. The van der Waals surface area contributed by atoms with Gasteiger partial charge in [0.1, 0.15) is 48.8 Å². The molecule has 2 aliphatic rings. The van der Waals surface area contributed by atoms with Gasteiger partial charge in [-0.1, -0.05) is 123 Å². The topological polar surface area (TPSA) is 228 Å². The summed E-state index contributed by atoms with van der Waals surface area (Å²) in [5.41, 5.74) is 0. The van der Waals surface area contributed by atoms with E-state index in [4.69, 9.17) is 18.9 Å². The second-order valence-corrected chi connectivity index (χ2v) is 14.8. The van der Waals surface area contributed by atoms with Gasteiger partial charge < -0.3 is 65.1 Å². The summed E-state index contributed by atoms with van der Waals surface area (Å²) in [5, 5.41) is 86.0. The predicted molar refractivity (Wildman–Crippen MR) is 194 cm³/mol. The summed E-state index contributed by atoms with van der Waals surface area (Å²) in [4.78, 5) is 12.9. The molecule has 14 heteroatoms. The van der Waals surface area contributed by atoms with Gasteiger partial charge in [0.05, 0.1) is 32.0 Å². The quantitative estimate of drug-likeness (QED) is 0.0501. The average Bonchev–Trinajstić information content (AvgIpc) is 3.14. The van der Waals surface area contributed by atoms with E-state index in [1.54, 1.807) is 0 Å². The maximum absolute atomic E-state index is 12.9. The fourth-order valence-corrected chi connectivity index (χ4v) is 6.88. The number of hydrogen-bond acceptors (Lipinski definition) is 13. The first-order chi connectivity index (χ1) is 25.1. The molecule has 2 heterocycles. The van der Waals surface area contributed by atoms with Crippen LogP contribution in [0.2, 0.25) is 0 Å². The minimum absolute atomic E-state index is 0.221. The van der Waals surface area contributed by atoms with Crippen LogP contribution in [0.15, 0.2) is 0 Å². The van der Waals surface area contributed by atoms with E-state index >= 15 is 0 Å². The van der Waals surface area contributed by atoms with Crippen molar-refractivity contribution in [2.24, 2.45) is 0 Å². The molecule has 2 rings (SSSR count). The molecule has 12 unspecified atom stereocenters. The zero-order chi connectivity index (χ0) is 38.3. The standard InChI is InChI=1S/C38H73NO13/c1-3-5-7-9-10-11-12-13-14-15-16-18-19-21-27(42)26(39-30(43)22-20-17-8-6-4-2)25-49-37-35(48)33(46)36(29(24-41)51-37)52-38-34(47)32(45)31(44)28(23-40)50-38/h26-29,31-38,40-42,44-48H,3-25H2,1-2H3,(H,39,43). The minimum atomic E-state index is -1.78. The summed E-state index contributed by atoms with van der Waals surface area (Å²) in [6.07, 6.45) is 4.60. The number of unbranched alkanes of at least 4 members (excludes halogenated alkanes) is 16. The molecule has 9 N–H and O–H groups in total. The highest BCUT2D eigenvalue weighted by Crippen LogP contribution is 2.30. The molecule has 0 saturated carbocycles. The zero-order valence-corrected chi connectivity index (χ0v) is 31.8. The maximum atomic E-state index is 12.9. The van der Waals surface area contributed by atoms with Crippen molar-refractivity contribution in [2.75, 3.05) is 19.8 Å². The molecule has 0 aromatic rings. The van der Waals surface area contributed by atoms with Crippen LogP contribution in [0.1, 0.15) is 142 Å². The van der Waals surface area contributed by atoms with E-state index < -0.39 is 86.8 Å². The molecule has 0 radical (unpaired) electrons. The molecule has 308 valence electrons. The van der Waals surface area contributed by atoms with Gasteiger partial charge in [-0.25, -0.2) is 0 Å². The molecule has 0 aromatic carbocycles. The van der Waals surface area contributed by atoms with Crippen molar-refractivity contribution in [1.82, 2.24) is 5.32 Å². The van der Waals surface area contributed by atoms with Crippen LogP contribution in [0.5, 0.6) is 0 Å². The zero-order valence-electron chi connectivity index (χ0n) is 31.8. The molecule has 0 aromatic heterocycles. The number of aliphatic hydroxyl groups excluding tert-OH is 8. The number of hydrogen-bond donors (Lipinski definition) is 9. The molecule has 2 fully saturated rings. The summed E-state index contributed by atoms with van der Waals surface area (Å²) in [6.45, 7) is 2.71. The van der Waals surface area contributed by atoms with Crippen molar-refractivity contribution in [3.63, 3.8) is 0 Å². The van der Waals surface area contributed by atoms with Gasteiger partial charge in [-0.2, -0.15) is 0 Å². The monoisotopic (exact) mass is 752 g/mol. The van der Waals surface area contributed by atoms with E-state index in [1.165, 1.54) is 57.8 Å². The Labute approximate surface area is 311 Å². The van der Waals surface area contributed by atoms with E-state index in [1.807, 2.05) is 0 Å². The molecule has 2 aliphatic heterocycles. The smallest absolute Gasteiger partial charge is 0.220 e. The molecule has 12 atom stereocenters. The number of carbonyl (C=O) groups excluding carboxylic acids is 1. The van der Waals surface area contributed by atoms with Gasteiger partial charge in [-0.15, -0.1) is 0 Å². The SMILES string of the molecule is CCCCCCCCCCCCCCCC(O)C(COC1OC(CO)C(OC2OC(CO)C(O)C(O)C2O)C(O)C1O)NC(=O)CCCCCCC. The summed E-state index contributed by atoms with van der Waals surface area (Å²) in [6, 6.07) is -0.816. The molecule has 2 saturated heterocycles. The summed E-state index contributed by atoms with van der Waals surface area (Å²) in [5.74, 6) is -0.221. The van der Waals surface area contributed by atoms with E-state index in [0.717, 1.165) is 57.8 Å². The maximum Gasteiger partial charge on any atom is 0.220 e. The predicted octanol–water partition coefficient (Wildman–Crippen LogP) is 2.31. The first-order valence-corrected chi connectivity index (χ1v) is 20.3. The van der Waals surface area contributed by atoms with Crippen molar-refractivity contribution in [2.45, 2.75) is 216 Å². The molecule has 14 nitrogen and oxygen atoms in total. The van der Waals surface area contributed by atoms with Crippen molar-refractivity contribution >= 4 is 5.91 Å². The van der Waals surface area contributed by atoms with Crippen molar-refractivity contribution in [1.29, 1.82) is 0 Å². The first kappa shape index (κ1) is 47.1. The van der Waals surface area contributed by atoms with Gasteiger partial charge >= 0.3 is 0 Å².